The van der Waals surface area contributed by atoms with Crippen molar-refractivity contribution in [3.63, 3.8) is 0 Å². The van der Waals surface area contributed by atoms with E-state index < -0.39 is 0 Å². The Balaban J connectivity index is 2.94. The first-order valence-corrected chi connectivity index (χ1v) is 5.55. The van der Waals surface area contributed by atoms with E-state index in [4.69, 9.17) is 0 Å². The smallest absolute Gasteiger partial charge is 0.152 e. The Labute approximate surface area is 97.5 Å². The molecule has 0 spiro atoms. The molecule has 0 radical (unpaired) electrons. The van der Waals surface area contributed by atoms with Gasteiger partial charge in [0.2, 0.25) is 0 Å². The van der Waals surface area contributed by atoms with Gasteiger partial charge in [0.05, 0.1) is 0 Å². The normalized spacial score (nSPS) is 12.4. The van der Waals surface area contributed by atoms with Gasteiger partial charge in [-0.25, -0.2) is 0 Å². The maximum atomic E-state index is 10.9. The highest BCUT2D eigenvalue weighted by molar-refractivity contribution is 5.88. The first-order valence-electron chi connectivity index (χ1n) is 5.55. The molecule has 0 unspecified atom stereocenters. The van der Waals surface area contributed by atoms with Crippen molar-refractivity contribution >= 4 is 11.9 Å². The largest absolute Gasteiger partial charge is 0.295 e. The van der Waals surface area contributed by atoms with Crippen molar-refractivity contribution in [2.45, 2.75) is 20.8 Å². The summed E-state index contributed by atoms with van der Waals surface area (Å²) in [4.78, 5) is 10.9. The molecule has 0 N–H and O–H groups in total. The van der Waals surface area contributed by atoms with Gasteiger partial charge in [0, 0.05) is 0 Å². The van der Waals surface area contributed by atoms with Gasteiger partial charge in [0.1, 0.15) is 0 Å². The van der Waals surface area contributed by atoms with Gasteiger partial charge in [-0.05, 0) is 30.1 Å². The van der Waals surface area contributed by atoms with Gasteiger partial charge < -0.3 is 0 Å². The molecule has 0 fully saturated rings. The Morgan fingerprint density at radius 2 is 1.75 bits per heavy atom. The Morgan fingerprint density at radius 3 is 2.25 bits per heavy atom. The third kappa shape index (κ3) is 4.26. The van der Waals surface area contributed by atoms with E-state index >= 15 is 0 Å². The zero-order chi connectivity index (χ0) is 12.0. The van der Waals surface area contributed by atoms with E-state index in [9.17, 15) is 4.79 Å². The highest BCUT2D eigenvalue weighted by Gasteiger charge is 1.99. The van der Waals surface area contributed by atoms with Crippen molar-refractivity contribution in [2.24, 2.45) is 5.92 Å². The molecule has 0 aromatic heterocycles. The number of carbonyl (C=O) groups excluding carboxylic acids is 1. The van der Waals surface area contributed by atoms with Gasteiger partial charge in [0.15, 0.2) is 5.78 Å². The molecule has 1 nitrogen and oxygen atoms in total. The average molecular weight is 214 g/mol. The summed E-state index contributed by atoms with van der Waals surface area (Å²) in [5, 5.41) is 0. The lowest BCUT2D eigenvalue weighted by atomic mass is 9.99. The van der Waals surface area contributed by atoms with Crippen LogP contribution < -0.4 is 0 Å². The quantitative estimate of drug-likeness (QED) is 0.549. The highest BCUT2D eigenvalue weighted by Crippen LogP contribution is 2.15. The summed E-state index contributed by atoms with van der Waals surface area (Å²) in [6.45, 7) is 5.81. The van der Waals surface area contributed by atoms with Crippen molar-refractivity contribution in [3.05, 3.63) is 53.6 Å². The van der Waals surface area contributed by atoms with Crippen LogP contribution in [0.15, 0.2) is 48.1 Å². The molecule has 0 aliphatic carbocycles. The molecule has 1 rings (SSSR count). The zero-order valence-electron chi connectivity index (χ0n) is 10.1. The standard InChI is InChI=1S/C15H18O/c1-12(2)15(10-9-13(3)16)11-14-7-5-4-6-8-14/h4-12H,1-3H3/b10-9+,15-11-. The van der Waals surface area contributed by atoms with Crippen molar-refractivity contribution in [1.82, 2.24) is 0 Å². The average Bonchev–Trinajstić information content (AvgIpc) is 2.25. The van der Waals surface area contributed by atoms with Crippen molar-refractivity contribution < 1.29 is 4.79 Å². The molecule has 0 aliphatic rings. The first kappa shape index (κ1) is 12.4. The van der Waals surface area contributed by atoms with E-state index in [2.05, 4.69) is 32.1 Å². The zero-order valence-corrected chi connectivity index (χ0v) is 10.1. The van der Waals surface area contributed by atoms with E-state index in [1.807, 2.05) is 24.3 Å². The Hall–Kier alpha value is -1.63. The molecule has 16 heavy (non-hydrogen) atoms. The molecular formula is C15H18O. The maximum absolute atomic E-state index is 10.9. The van der Waals surface area contributed by atoms with Gasteiger partial charge in [-0.2, -0.15) is 0 Å². The van der Waals surface area contributed by atoms with Gasteiger partial charge in [0.25, 0.3) is 0 Å². The van der Waals surface area contributed by atoms with E-state index in [1.54, 1.807) is 13.0 Å². The molecule has 0 saturated heterocycles. The fourth-order valence-corrected chi connectivity index (χ4v) is 1.36. The van der Waals surface area contributed by atoms with Crippen LogP contribution in [0.25, 0.3) is 6.08 Å². The Kier molecular flexibility index (Phi) is 4.71. The summed E-state index contributed by atoms with van der Waals surface area (Å²) >= 11 is 0. The van der Waals surface area contributed by atoms with Gasteiger partial charge in [-0.3, -0.25) is 4.79 Å². The van der Waals surface area contributed by atoms with Crippen molar-refractivity contribution in [3.8, 4) is 0 Å². The predicted molar refractivity (Wildman–Crippen MR) is 69.1 cm³/mol. The van der Waals surface area contributed by atoms with Crippen molar-refractivity contribution in [1.29, 1.82) is 0 Å². The van der Waals surface area contributed by atoms with Crippen LogP contribution in [0.2, 0.25) is 0 Å². The lowest BCUT2D eigenvalue weighted by Crippen LogP contribution is -1.92. The second kappa shape index (κ2) is 6.06. The molecule has 0 atom stereocenters. The van der Waals surface area contributed by atoms with Gasteiger partial charge in [-0.1, -0.05) is 56.3 Å². The lowest BCUT2D eigenvalue weighted by Gasteiger charge is -2.06. The van der Waals surface area contributed by atoms with Crippen LogP contribution in [0.4, 0.5) is 0 Å². The number of ketones is 1. The summed E-state index contributed by atoms with van der Waals surface area (Å²) in [6.07, 6.45) is 5.64. The van der Waals surface area contributed by atoms with E-state index in [1.165, 1.54) is 11.1 Å². The fourth-order valence-electron chi connectivity index (χ4n) is 1.36. The van der Waals surface area contributed by atoms with Crippen LogP contribution >= 0.6 is 0 Å². The van der Waals surface area contributed by atoms with Crippen LogP contribution in [-0.4, -0.2) is 5.78 Å². The fraction of sp³-hybridized carbons (Fsp3) is 0.267. The van der Waals surface area contributed by atoms with Crippen LogP contribution in [0, 0.1) is 5.92 Å². The van der Waals surface area contributed by atoms with Crippen LogP contribution in [0.3, 0.4) is 0 Å². The second-order valence-electron chi connectivity index (χ2n) is 4.15. The first-order chi connectivity index (χ1) is 7.59. The Bertz CT molecular complexity index is 397. The van der Waals surface area contributed by atoms with Crippen LogP contribution in [-0.2, 0) is 4.79 Å². The summed E-state index contributed by atoms with van der Waals surface area (Å²) in [5.74, 6) is 0.496. The van der Waals surface area contributed by atoms with Crippen LogP contribution in [0.1, 0.15) is 26.3 Å². The number of carbonyl (C=O) groups is 1. The van der Waals surface area contributed by atoms with Gasteiger partial charge >= 0.3 is 0 Å². The van der Waals surface area contributed by atoms with E-state index in [-0.39, 0.29) is 5.78 Å². The minimum atomic E-state index is 0.0830. The molecule has 0 aliphatic heterocycles. The van der Waals surface area contributed by atoms with Gasteiger partial charge in [-0.15, -0.1) is 0 Å². The molecule has 1 aromatic rings. The summed E-state index contributed by atoms with van der Waals surface area (Å²) < 4.78 is 0. The number of rotatable bonds is 4. The molecular weight excluding hydrogens is 196 g/mol. The number of benzene rings is 1. The number of allylic oxidation sites excluding steroid dienone is 3. The SMILES string of the molecule is CC(=O)/C=C/C(=C/c1ccccc1)C(C)C. The Morgan fingerprint density at radius 1 is 1.12 bits per heavy atom. The summed E-state index contributed by atoms with van der Waals surface area (Å²) in [7, 11) is 0. The third-order valence-corrected chi connectivity index (χ3v) is 2.31. The summed E-state index contributed by atoms with van der Waals surface area (Å²) in [6, 6.07) is 10.1. The number of hydrogen-bond donors (Lipinski definition) is 0. The molecule has 0 bridgehead atoms. The molecule has 1 aromatic carbocycles. The molecule has 1 heteroatoms. The molecule has 0 heterocycles. The van der Waals surface area contributed by atoms with E-state index in [0.717, 1.165) is 0 Å². The minimum absolute atomic E-state index is 0.0830. The van der Waals surface area contributed by atoms with Crippen molar-refractivity contribution in [2.75, 3.05) is 0 Å². The second-order valence-corrected chi connectivity index (χ2v) is 4.15. The predicted octanol–water partition coefficient (Wildman–Crippen LogP) is 3.87. The molecule has 84 valence electrons. The van der Waals surface area contributed by atoms with Crippen LogP contribution in [0.5, 0.6) is 0 Å². The number of hydrogen-bond acceptors (Lipinski definition) is 1. The van der Waals surface area contributed by atoms with E-state index in [0.29, 0.717) is 5.92 Å². The lowest BCUT2D eigenvalue weighted by molar-refractivity contribution is -0.112. The third-order valence-electron chi connectivity index (χ3n) is 2.31. The topological polar surface area (TPSA) is 17.1 Å². The summed E-state index contributed by atoms with van der Waals surface area (Å²) in [5.41, 5.74) is 2.33. The monoisotopic (exact) mass is 214 g/mol. The minimum Gasteiger partial charge on any atom is -0.295 e. The molecule has 0 amide bonds. The maximum Gasteiger partial charge on any atom is 0.152 e. The highest BCUT2D eigenvalue weighted by atomic mass is 16.1. The molecule has 0 saturated carbocycles.